The van der Waals surface area contributed by atoms with Gasteiger partial charge < -0.3 is 5.32 Å². The van der Waals surface area contributed by atoms with E-state index in [9.17, 15) is 9.59 Å². The summed E-state index contributed by atoms with van der Waals surface area (Å²) in [5.41, 5.74) is 2.44. The van der Waals surface area contributed by atoms with Gasteiger partial charge in [0.2, 0.25) is 5.91 Å². The topological polar surface area (TPSA) is 84.7 Å². The lowest BCUT2D eigenvalue weighted by Gasteiger charge is -2.19. The molecule has 1 amide bonds. The molecule has 2 aromatic rings. The minimum atomic E-state index is -0.187. The van der Waals surface area contributed by atoms with Crippen molar-refractivity contribution in [2.24, 2.45) is 7.05 Å². The predicted octanol–water partition coefficient (Wildman–Crippen LogP) is 2.89. The van der Waals surface area contributed by atoms with Crippen molar-refractivity contribution in [1.82, 2.24) is 19.6 Å². The molecule has 1 aliphatic carbocycles. The summed E-state index contributed by atoms with van der Waals surface area (Å²) < 4.78 is 3.70. The van der Waals surface area contributed by atoms with Crippen molar-refractivity contribution in [3.8, 4) is 0 Å². The van der Waals surface area contributed by atoms with Gasteiger partial charge in [0.1, 0.15) is 5.82 Å². The van der Waals surface area contributed by atoms with Crippen LogP contribution in [0, 0.1) is 6.92 Å². The van der Waals surface area contributed by atoms with E-state index in [1.165, 1.54) is 24.6 Å². The molecule has 0 spiro atoms. The Morgan fingerprint density at radius 3 is 2.58 bits per heavy atom. The Morgan fingerprint density at radius 1 is 1.19 bits per heavy atom. The zero-order valence-corrected chi connectivity index (χ0v) is 16.1. The molecule has 0 radical (unpaired) electrons. The number of anilines is 1. The first kappa shape index (κ1) is 17.5. The maximum atomic E-state index is 12.9. The van der Waals surface area contributed by atoms with Gasteiger partial charge in [-0.05, 0) is 19.8 Å². The standard InChI is InChI=1S/C18H25N5O2S/c1-11-13(9-22(2)20-11)16-15-17(19-14(24)10-26-16)23(21-18(15)25)12-7-5-3-4-6-8-12/h9,12,16H,3-8,10H2,1-2H3,(H,19,24)(H,21,25)/t16-/m1/s1. The molecule has 1 atom stereocenters. The normalized spacial score (nSPS) is 21.8. The minimum Gasteiger partial charge on any atom is -0.310 e. The van der Waals surface area contributed by atoms with Gasteiger partial charge in [-0.25, -0.2) is 0 Å². The second-order valence-electron chi connectivity index (χ2n) is 7.30. The molecule has 0 unspecified atom stereocenters. The minimum absolute atomic E-state index is 0.0540. The number of H-pyrrole nitrogens is 1. The Kier molecular flexibility index (Phi) is 4.69. The van der Waals surface area contributed by atoms with Gasteiger partial charge in [0.15, 0.2) is 0 Å². The molecular weight excluding hydrogens is 350 g/mol. The van der Waals surface area contributed by atoms with E-state index < -0.39 is 0 Å². The highest BCUT2D eigenvalue weighted by atomic mass is 32.2. The van der Waals surface area contributed by atoms with Crippen molar-refractivity contribution in [2.45, 2.75) is 56.7 Å². The number of aryl methyl sites for hydroxylation is 2. The van der Waals surface area contributed by atoms with E-state index >= 15 is 0 Å². The second kappa shape index (κ2) is 6.98. The highest BCUT2D eigenvalue weighted by Gasteiger charge is 2.33. The highest BCUT2D eigenvalue weighted by molar-refractivity contribution is 8.00. The molecule has 1 saturated carbocycles. The molecule has 4 rings (SSSR count). The van der Waals surface area contributed by atoms with Crippen molar-refractivity contribution in [2.75, 3.05) is 11.1 Å². The van der Waals surface area contributed by atoms with Crippen molar-refractivity contribution < 1.29 is 4.79 Å². The van der Waals surface area contributed by atoms with E-state index in [1.54, 1.807) is 4.68 Å². The van der Waals surface area contributed by atoms with E-state index in [1.807, 2.05) is 24.9 Å². The first-order chi connectivity index (χ1) is 12.5. The Hall–Kier alpha value is -1.96. The molecule has 1 aliphatic heterocycles. The third-order valence-electron chi connectivity index (χ3n) is 5.39. The maximum absolute atomic E-state index is 12.9. The van der Waals surface area contributed by atoms with Crippen molar-refractivity contribution in [1.29, 1.82) is 0 Å². The van der Waals surface area contributed by atoms with Crippen molar-refractivity contribution in [3.63, 3.8) is 0 Å². The summed E-state index contributed by atoms with van der Waals surface area (Å²) in [6.07, 6.45) is 8.83. The Balaban J connectivity index is 1.82. The molecule has 3 heterocycles. The van der Waals surface area contributed by atoms with Gasteiger partial charge in [-0.15, -0.1) is 11.8 Å². The van der Waals surface area contributed by atoms with Crippen LogP contribution in [0.25, 0.3) is 0 Å². The maximum Gasteiger partial charge on any atom is 0.270 e. The molecule has 1 fully saturated rings. The van der Waals surface area contributed by atoms with Gasteiger partial charge >= 0.3 is 0 Å². The third-order valence-corrected chi connectivity index (χ3v) is 6.64. The van der Waals surface area contributed by atoms with E-state index in [0.717, 1.165) is 36.9 Å². The van der Waals surface area contributed by atoms with Gasteiger partial charge in [0.25, 0.3) is 5.56 Å². The van der Waals surface area contributed by atoms with E-state index in [4.69, 9.17) is 0 Å². The number of rotatable bonds is 2. The smallest absolute Gasteiger partial charge is 0.270 e. The first-order valence-electron chi connectivity index (χ1n) is 9.30. The molecule has 8 heteroatoms. The molecule has 2 aromatic heterocycles. The van der Waals surface area contributed by atoms with Gasteiger partial charge in [-0.2, -0.15) is 5.10 Å². The van der Waals surface area contributed by atoms with Gasteiger partial charge in [0.05, 0.1) is 28.3 Å². The summed E-state index contributed by atoms with van der Waals surface area (Å²) >= 11 is 1.49. The highest BCUT2D eigenvalue weighted by Crippen LogP contribution is 2.42. The Bertz CT molecular complexity index is 873. The molecule has 140 valence electrons. The van der Waals surface area contributed by atoms with Crippen LogP contribution in [-0.2, 0) is 11.8 Å². The summed E-state index contributed by atoms with van der Waals surface area (Å²) in [5.74, 6) is 0.935. The van der Waals surface area contributed by atoms with Gasteiger partial charge in [-0.3, -0.25) is 24.1 Å². The average molecular weight is 375 g/mol. The Labute approximate surface area is 156 Å². The number of nitrogens with one attached hydrogen (secondary N) is 2. The SMILES string of the molecule is Cc1nn(C)cc1[C@H]1SCC(=O)Nc2c1c(=O)[nH]n2C1CCCCCC1. The number of carbonyl (C=O) groups excluding carboxylic acids is 1. The number of aromatic amines is 1. The van der Waals surface area contributed by atoms with Crippen molar-refractivity contribution >= 4 is 23.5 Å². The second-order valence-corrected chi connectivity index (χ2v) is 8.39. The largest absolute Gasteiger partial charge is 0.310 e. The fraction of sp³-hybridized carbons (Fsp3) is 0.611. The monoisotopic (exact) mass is 375 g/mol. The number of nitrogens with zero attached hydrogens (tertiary/aromatic N) is 3. The summed E-state index contributed by atoms with van der Waals surface area (Å²) in [7, 11) is 1.88. The quantitative estimate of drug-likeness (QED) is 0.791. The van der Waals surface area contributed by atoms with Crippen LogP contribution in [0.1, 0.15) is 66.6 Å². The number of thioether (sulfide) groups is 1. The zero-order chi connectivity index (χ0) is 18.3. The molecule has 0 aromatic carbocycles. The van der Waals surface area contributed by atoms with Crippen LogP contribution in [0.5, 0.6) is 0 Å². The van der Waals surface area contributed by atoms with E-state index in [-0.39, 0.29) is 22.8 Å². The fourth-order valence-corrected chi connectivity index (χ4v) is 5.34. The summed E-state index contributed by atoms with van der Waals surface area (Å²) in [5, 5.41) is 10.3. The zero-order valence-electron chi connectivity index (χ0n) is 15.2. The van der Waals surface area contributed by atoms with Crippen LogP contribution in [0.2, 0.25) is 0 Å². The van der Waals surface area contributed by atoms with Crippen LogP contribution in [-0.4, -0.2) is 31.2 Å². The number of aromatic nitrogens is 4. The van der Waals surface area contributed by atoms with E-state index in [2.05, 4.69) is 15.5 Å². The summed E-state index contributed by atoms with van der Waals surface area (Å²) in [4.78, 5) is 25.2. The predicted molar refractivity (Wildman–Crippen MR) is 103 cm³/mol. The van der Waals surface area contributed by atoms with Crippen LogP contribution in [0.4, 0.5) is 5.82 Å². The number of hydrogen-bond donors (Lipinski definition) is 2. The Morgan fingerprint density at radius 2 is 1.92 bits per heavy atom. The molecule has 7 nitrogen and oxygen atoms in total. The van der Waals surface area contributed by atoms with Crippen LogP contribution in [0.3, 0.4) is 0 Å². The number of carbonyl (C=O) groups is 1. The van der Waals surface area contributed by atoms with Crippen LogP contribution < -0.4 is 10.9 Å². The number of hydrogen-bond acceptors (Lipinski definition) is 4. The number of amides is 1. The lowest BCUT2D eigenvalue weighted by molar-refractivity contribution is -0.113. The molecule has 0 bridgehead atoms. The van der Waals surface area contributed by atoms with Gasteiger partial charge in [-0.1, -0.05) is 25.7 Å². The van der Waals surface area contributed by atoms with Crippen LogP contribution in [0.15, 0.2) is 11.0 Å². The third kappa shape index (κ3) is 3.11. The molecule has 2 N–H and O–H groups in total. The molecular formula is C18H25N5O2S. The summed E-state index contributed by atoms with van der Waals surface area (Å²) in [6, 6.07) is 0.244. The molecule has 26 heavy (non-hydrogen) atoms. The fourth-order valence-electron chi connectivity index (χ4n) is 4.15. The summed E-state index contributed by atoms with van der Waals surface area (Å²) in [6.45, 7) is 1.95. The van der Waals surface area contributed by atoms with Crippen molar-refractivity contribution in [3.05, 3.63) is 33.4 Å². The van der Waals surface area contributed by atoms with Crippen LogP contribution >= 0.6 is 11.8 Å². The lowest BCUT2D eigenvalue weighted by atomic mass is 10.1. The van der Waals surface area contributed by atoms with E-state index in [0.29, 0.717) is 17.1 Å². The van der Waals surface area contributed by atoms with Gasteiger partial charge in [0, 0.05) is 18.8 Å². The molecule has 2 aliphatic rings. The number of fused-ring (bicyclic) bond motifs is 1. The first-order valence-corrected chi connectivity index (χ1v) is 10.4. The molecule has 0 saturated heterocycles. The lowest BCUT2D eigenvalue weighted by Crippen LogP contribution is -2.19. The average Bonchev–Trinajstić information content (AvgIpc) is 2.92.